The average molecular weight is 388 g/mol. The monoisotopic (exact) mass is 388 g/mol. The van der Waals surface area contributed by atoms with Crippen LogP contribution in [0.3, 0.4) is 0 Å². The van der Waals surface area contributed by atoms with Crippen LogP contribution in [0.4, 0.5) is 5.69 Å². The van der Waals surface area contributed by atoms with Gasteiger partial charge in [0.1, 0.15) is 0 Å². The Kier molecular flexibility index (Phi) is 7.69. The van der Waals surface area contributed by atoms with E-state index in [-0.39, 0.29) is 29.6 Å². The summed E-state index contributed by atoms with van der Waals surface area (Å²) in [6.45, 7) is -0.458. The van der Waals surface area contributed by atoms with Crippen molar-refractivity contribution in [3.63, 3.8) is 0 Å². The van der Waals surface area contributed by atoms with Crippen LogP contribution in [-0.2, 0) is 14.3 Å². The number of nitrogens with one attached hydrogen (secondary N) is 2. The molecule has 2 rings (SSSR count). The van der Waals surface area contributed by atoms with E-state index >= 15 is 0 Å². The molecule has 0 heterocycles. The van der Waals surface area contributed by atoms with Gasteiger partial charge in [-0.05, 0) is 12.8 Å². The van der Waals surface area contributed by atoms with E-state index in [4.69, 9.17) is 20.6 Å². The fourth-order valence-electron chi connectivity index (χ4n) is 2.98. The summed E-state index contributed by atoms with van der Waals surface area (Å²) >= 11 is 0. The van der Waals surface area contributed by atoms with Crippen molar-refractivity contribution in [1.29, 1.82) is 0 Å². The van der Waals surface area contributed by atoms with Gasteiger partial charge in [0.25, 0.3) is 5.91 Å². The van der Waals surface area contributed by atoms with E-state index in [9.17, 15) is 14.4 Å². The van der Waals surface area contributed by atoms with Crippen molar-refractivity contribution in [1.82, 2.24) is 5.32 Å². The quantitative estimate of drug-likeness (QED) is 0.519. The Morgan fingerprint density at radius 1 is 1.14 bits per heavy atom. The van der Waals surface area contributed by atoms with E-state index in [0.717, 1.165) is 25.7 Å². The molecule has 1 saturated carbocycles. The van der Waals surface area contributed by atoms with E-state index in [1.807, 2.05) is 0 Å². The molecule has 0 radical (unpaired) electrons. The van der Waals surface area contributed by atoms with Crippen molar-refractivity contribution in [3.05, 3.63) is 17.7 Å². The van der Waals surface area contributed by atoms with Crippen LogP contribution in [0.2, 0.25) is 0 Å². The maximum absolute atomic E-state index is 12.5. The maximum Gasteiger partial charge on any atom is 0.340 e. The lowest BCUT2D eigenvalue weighted by Gasteiger charge is -2.17. The summed E-state index contributed by atoms with van der Waals surface area (Å²) in [5.41, 5.74) is 0.303. The van der Waals surface area contributed by atoms with Gasteiger partial charge in [-0.25, -0.2) is 4.79 Å². The Hall–Kier alpha value is -3.21. The van der Waals surface area contributed by atoms with Gasteiger partial charge in [-0.15, -0.1) is 6.42 Å². The summed E-state index contributed by atoms with van der Waals surface area (Å²) in [5, 5.41) is 5.18. The van der Waals surface area contributed by atoms with Gasteiger partial charge in [0, 0.05) is 18.1 Å². The van der Waals surface area contributed by atoms with Gasteiger partial charge in [0.15, 0.2) is 18.1 Å². The Morgan fingerprint density at radius 3 is 2.39 bits per heavy atom. The molecule has 28 heavy (non-hydrogen) atoms. The van der Waals surface area contributed by atoms with Crippen molar-refractivity contribution in [2.75, 3.05) is 32.7 Å². The topological polar surface area (TPSA) is 103 Å². The molecule has 0 aromatic heterocycles. The summed E-state index contributed by atoms with van der Waals surface area (Å²) in [6, 6.07) is 2.91. The van der Waals surface area contributed by atoms with Crippen LogP contribution in [0.1, 0.15) is 36.0 Å². The predicted molar refractivity (Wildman–Crippen MR) is 102 cm³/mol. The molecular weight excluding hydrogens is 364 g/mol. The number of amides is 2. The van der Waals surface area contributed by atoms with Crippen LogP contribution in [0.5, 0.6) is 11.5 Å². The lowest BCUT2D eigenvalue weighted by Crippen LogP contribution is -2.29. The van der Waals surface area contributed by atoms with E-state index in [2.05, 4.69) is 16.6 Å². The van der Waals surface area contributed by atoms with Crippen molar-refractivity contribution >= 4 is 23.5 Å². The molecule has 0 bridgehead atoms. The van der Waals surface area contributed by atoms with Gasteiger partial charge < -0.3 is 24.8 Å². The third-order valence-corrected chi connectivity index (χ3v) is 4.45. The first-order chi connectivity index (χ1) is 13.5. The van der Waals surface area contributed by atoms with E-state index in [1.165, 1.54) is 26.4 Å². The number of anilines is 1. The zero-order chi connectivity index (χ0) is 20.5. The largest absolute Gasteiger partial charge is 0.493 e. The van der Waals surface area contributed by atoms with Crippen molar-refractivity contribution in [2.24, 2.45) is 5.92 Å². The number of methoxy groups -OCH3 is 2. The van der Waals surface area contributed by atoms with Crippen LogP contribution in [0, 0.1) is 18.3 Å². The van der Waals surface area contributed by atoms with Gasteiger partial charge in [-0.3, -0.25) is 9.59 Å². The molecular formula is C20H24N2O6. The highest BCUT2D eigenvalue weighted by Crippen LogP contribution is 2.35. The normalized spacial score (nSPS) is 13.3. The smallest absolute Gasteiger partial charge is 0.340 e. The van der Waals surface area contributed by atoms with Crippen molar-refractivity contribution in [3.8, 4) is 23.8 Å². The first-order valence-electron chi connectivity index (χ1n) is 8.94. The Morgan fingerprint density at radius 2 is 1.79 bits per heavy atom. The summed E-state index contributed by atoms with van der Waals surface area (Å²) in [4.78, 5) is 36.6. The highest BCUT2D eigenvalue weighted by Gasteiger charge is 2.26. The highest BCUT2D eigenvalue weighted by molar-refractivity contribution is 6.03. The number of benzene rings is 1. The number of hydrogen-bond donors (Lipinski definition) is 2. The molecule has 0 saturated heterocycles. The van der Waals surface area contributed by atoms with E-state index in [0.29, 0.717) is 11.5 Å². The molecule has 0 unspecified atom stereocenters. The molecule has 8 nitrogen and oxygen atoms in total. The summed E-state index contributed by atoms with van der Waals surface area (Å²) in [6.07, 6.45) is 8.70. The van der Waals surface area contributed by atoms with Crippen LogP contribution in [-0.4, -0.2) is 45.2 Å². The zero-order valence-electron chi connectivity index (χ0n) is 16.0. The second-order valence-electron chi connectivity index (χ2n) is 6.28. The van der Waals surface area contributed by atoms with Crippen LogP contribution < -0.4 is 20.1 Å². The molecule has 0 atom stereocenters. The number of terminal acetylenes is 1. The molecule has 1 aromatic carbocycles. The van der Waals surface area contributed by atoms with Gasteiger partial charge in [0.05, 0.1) is 32.0 Å². The number of esters is 1. The van der Waals surface area contributed by atoms with Crippen molar-refractivity contribution in [2.45, 2.75) is 25.7 Å². The SMILES string of the molecule is C#CCNC(=O)COC(=O)c1cc(OC)c(OC)cc1NC(=O)C1CCCC1. The number of hydrogen-bond acceptors (Lipinski definition) is 6. The Balaban J connectivity index is 2.21. The molecule has 2 N–H and O–H groups in total. The lowest BCUT2D eigenvalue weighted by molar-refractivity contribution is -0.124. The standard InChI is InChI=1S/C20H24N2O6/c1-4-9-21-18(23)12-28-20(25)14-10-16(26-2)17(27-3)11-15(14)22-19(24)13-7-5-6-8-13/h1,10-11,13H,5-9,12H2,2-3H3,(H,21,23)(H,22,24). The van der Waals surface area contributed by atoms with Crippen LogP contribution >= 0.6 is 0 Å². The minimum atomic E-state index is -0.779. The van der Waals surface area contributed by atoms with Crippen LogP contribution in [0.15, 0.2) is 12.1 Å². The summed E-state index contributed by atoms with van der Waals surface area (Å²) in [7, 11) is 2.88. The third kappa shape index (κ3) is 5.39. The molecule has 1 aromatic rings. The first kappa shape index (κ1) is 21.1. The Labute approximate surface area is 163 Å². The van der Waals surface area contributed by atoms with Gasteiger partial charge in [0.2, 0.25) is 5.91 Å². The molecule has 1 aliphatic rings. The maximum atomic E-state index is 12.5. The predicted octanol–water partition coefficient (Wildman–Crippen LogP) is 1.74. The van der Waals surface area contributed by atoms with Gasteiger partial charge in [-0.1, -0.05) is 18.8 Å². The molecule has 1 fully saturated rings. The first-order valence-corrected chi connectivity index (χ1v) is 8.94. The summed E-state index contributed by atoms with van der Waals surface area (Å²) < 4.78 is 15.5. The minimum absolute atomic E-state index is 0.0371. The second kappa shape index (κ2) is 10.2. The number of carbonyl (C=O) groups excluding carboxylic acids is 3. The molecule has 0 aliphatic heterocycles. The van der Waals surface area contributed by atoms with Gasteiger partial charge >= 0.3 is 5.97 Å². The fourth-order valence-corrected chi connectivity index (χ4v) is 2.98. The van der Waals surface area contributed by atoms with E-state index in [1.54, 1.807) is 0 Å². The molecule has 1 aliphatic carbocycles. The van der Waals surface area contributed by atoms with Crippen LogP contribution in [0.25, 0.3) is 0 Å². The highest BCUT2D eigenvalue weighted by atomic mass is 16.5. The second-order valence-corrected chi connectivity index (χ2v) is 6.28. The minimum Gasteiger partial charge on any atom is -0.493 e. The number of rotatable bonds is 8. The average Bonchev–Trinajstić information content (AvgIpc) is 3.25. The van der Waals surface area contributed by atoms with E-state index < -0.39 is 18.5 Å². The van der Waals surface area contributed by atoms with Crippen molar-refractivity contribution < 1.29 is 28.6 Å². The third-order valence-electron chi connectivity index (χ3n) is 4.45. The molecule has 150 valence electrons. The zero-order valence-corrected chi connectivity index (χ0v) is 16.0. The number of ether oxygens (including phenoxy) is 3. The number of carbonyl (C=O) groups is 3. The lowest BCUT2D eigenvalue weighted by atomic mass is 10.1. The molecule has 2 amide bonds. The van der Waals surface area contributed by atoms with Gasteiger partial charge in [-0.2, -0.15) is 0 Å². The summed E-state index contributed by atoms with van der Waals surface area (Å²) in [5.74, 6) is 1.35. The molecule has 0 spiro atoms. The Bertz CT molecular complexity index is 778. The fraction of sp³-hybridized carbons (Fsp3) is 0.450. The molecule has 8 heteroatoms.